The van der Waals surface area contributed by atoms with E-state index in [1.54, 1.807) is 0 Å². The molecule has 0 atom stereocenters. The molecule has 0 heterocycles. The molecule has 1 aromatic carbocycles. The van der Waals surface area contributed by atoms with Crippen molar-refractivity contribution < 1.29 is 9.59 Å². The van der Waals surface area contributed by atoms with Crippen LogP contribution < -0.4 is 5.73 Å². The minimum atomic E-state index is -0.734. The third-order valence-corrected chi connectivity index (χ3v) is 2.43. The summed E-state index contributed by atoms with van der Waals surface area (Å²) in [5, 5.41) is 0.540. The quantitative estimate of drug-likeness (QED) is 0.675. The topological polar surface area (TPSA) is 60.2 Å². The van der Waals surface area contributed by atoms with Crippen molar-refractivity contribution in [3.63, 3.8) is 0 Å². The monoisotopic (exact) mass is 265 g/mol. The molecular formula is C9H6Cl3NO2. The lowest BCUT2D eigenvalue weighted by molar-refractivity contribution is -0.117. The Morgan fingerprint density at radius 3 is 2.00 bits per heavy atom. The molecule has 1 amide bonds. The van der Waals surface area contributed by atoms with Crippen LogP contribution in [-0.2, 0) is 4.79 Å². The predicted molar refractivity (Wildman–Crippen MR) is 59.6 cm³/mol. The average molecular weight is 267 g/mol. The molecule has 1 rings (SSSR count). The zero-order valence-electron chi connectivity index (χ0n) is 7.39. The molecule has 0 aliphatic heterocycles. The van der Waals surface area contributed by atoms with Gasteiger partial charge in [0.15, 0.2) is 5.78 Å². The van der Waals surface area contributed by atoms with Crippen molar-refractivity contribution in [2.75, 3.05) is 0 Å². The van der Waals surface area contributed by atoms with E-state index in [1.165, 1.54) is 12.1 Å². The maximum Gasteiger partial charge on any atom is 0.225 e. The molecule has 0 aromatic heterocycles. The Kier molecular flexibility index (Phi) is 3.97. The zero-order valence-corrected chi connectivity index (χ0v) is 9.66. The highest BCUT2D eigenvalue weighted by molar-refractivity contribution is 6.42. The molecule has 3 nitrogen and oxygen atoms in total. The Morgan fingerprint density at radius 1 is 1.13 bits per heavy atom. The normalized spacial score (nSPS) is 10.1. The first-order chi connectivity index (χ1) is 6.91. The van der Waals surface area contributed by atoms with Crippen LogP contribution in [0.1, 0.15) is 16.8 Å². The largest absolute Gasteiger partial charge is 0.369 e. The van der Waals surface area contributed by atoms with Gasteiger partial charge in [0.25, 0.3) is 0 Å². The standard InChI is InChI=1S/C9H6Cl3NO2/c10-4-1-5(11)9(6(12)2-4)7(14)3-8(13)15/h1-2H,3H2,(H2,13,15). The van der Waals surface area contributed by atoms with E-state index >= 15 is 0 Å². The highest BCUT2D eigenvalue weighted by Crippen LogP contribution is 2.29. The number of Topliss-reactive ketones (excluding diaryl/α,β-unsaturated/α-hetero) is 1. The van der Waals surface area contributed by atoms with E-state index in [0.717, 1.165) is 0 Å². The summed E-state index contributed by atoms with van der Waals surface area (Å²) in [6.07, 6.45) is -0.429. The fourth-order valence-corrected chi connectivity index (χ4v) is 2.08. The van der Waals surface area contributed by atoms with E-state index in [1.807, 2.05) is 0 Å². The molecule has 0 bridgehead atoms. The fourth-order valence-electron chi connectivity index (χ4n) is 1.06. The molecule has 0 saturated heterocycles. The van der Waals surface area contributed by atoms with Crippen molar-refractivity contribution in [1.29, 1.82) is 0 Å². The summed E-state index contributed by atoms with van der Waals surface area (Å²) in [6, 6.07) is 2.76. The van der Waals surface area contributed by atoms with E-state index in [9.17, 15) is 9.59 Å². The van der Waals surface area contributed by atoms with Crippen LogP contribution in [0.3, 0.4) is 0 Å². The number of amides is 1. The first-order valence-corrected chi connectivity index (χ1v) is 5.01. The van der Waals surface area contributed by atoms with Gasteiger partial charge in [0.05, 0.1) is 22.0 Å². The lowest BCUT2D eigenvalue weighted by atomic mass is 10.1. The molecule has 0 aliphatic rings. The van der Waals surface area contributed by atoms with E-state index in [-0.39, 0.29) is 15.6 Å². The fraction of sp³-hybridized carbons (Fsp3) is 0.111. The smallest absolute Gasteiger partial charge is 0.225 e. The summed E-state index contributed by atoms with van der Waals surface area (Å²) >= 11 is 17.2. The first-order valence-electron chi connectivity index (χ1n) is 3.88. The third-order valence-electron chi connectivity index (χ3n) is 1.62. The Balaban J connectivity index is 3.14. The second kappa shape index (κ2) is 4.84. The van der Waals surface area contributed by atoms with Gasteiger partial charge in [0.1, 0.15) is 0 Å². The summed E-state index contributed by atoms with van der Waals surface area (Å²) in [5.74, 6) is -1.25. The van der Waals surface area contributed by atoms with Gasteiger partial charge < -0.3 is 5.73 Å². The number of carbonyl (C=O) groups excluding carboxylic acids is 2. The van der Waals surface area contributed by atoms with Crippen LogP contribution in [0.2, 0.25) is 15.1 Å². The van der Waals surface area contributed by atoms with Gasteiger partial charge in [-0.3, -0.25) is 9.59 Å². The SMILES string of the molecule is NC(=O)CC(=O)c1c(Cl)cc(Cl)cc1Cl. The maximum absolute atomic E-state index is 11.5. The molecule has 6 heteroatoms. The van der Waals surface area contributed by atoms with Gasteiger partial charge in [-0.2, -0.15) is 0 Å². The summed E-state index contributed by atoms with van der Waals surface area (Å²) in [6.45, 7) is 0. The Labute approximate surface area is 101 Å². The molecule has 1 aromatic rings. The lowest BCUT2D eigenvalue weighted by Crippen LogP contribution is -2.16. The highest BCUT2D eigenvalue weighted by atomic mass is 35.5. The molecule has 0 radical (unpaired) electrons. The maximum atomic E-state index is 11.5. The number of primary amides is 1. The van der Waals surface area contributed by atoms with E-state index in [0.29, 0.717) is 5.02 Å². The van der Waals surface area contributed by atoms with Gasteiger partial charge in [-0.15, -0.1) is 0 Å². The minimum absolute atomic E-state index is 0.0709. The molecule has 0 saturated carbocycles. The summed E-state index contributed by atoms with van der Waals surface area (Å²) in [7, 11) is 0. The van der Waals surface area contributed by atoms with Crippen molar-refractivity contribution in [3.05, 3.63) is 32.8 Å². The van der Waals surface area contributed by atoms with Crippen molar-refractivity contribution in [2.24, 2.45) is 5.73 Å². The summed E-state index contributed by atoms with van der Waals surface area (Å²) in [5.41, 5.74) is 4.96. The number of nitrogens with two attached hydrogens (primary N) is 1. The van der Waals surface area contributed by atoms with Crippen LogP contribution in [0.25, 0.3) is 0 Å². The van der Waals surface area contributed by atoms with Crippen LogP contribution in [0.4, 0.5) is 0 Å². The predicted octanol–water partition coefficient (Wildman–Crippen LogP) is 2.70. The number of rotatable bonds is 3. The van der Waals surface area contributed by atoms with Crippen LogP contribution in [0.5, 0.6) is 0 Å². The number of hydrogen-bond acceptors (Lipinski definition) is 2. The Hall–Kier alpha value is -0.770. The first kappa shape index (κ1) is 12.3. The highest BCUT2D eigenvalue weighted by Gasteiger charge is 2.17. The van der Waals surface area contributed by atoms with Gasteiger partial charge in [0, 0.05) is 5.02 Å². The molecule has 0 unspecified atom stereocenters. The Morgan fingerprint density at radius 2 is 1.60 bits per heavy atom. The molecule has 15 heavy (non-hydrogen) atoms. The molecular weight excluding hydrogens is 260 g/mol. The van der Waals surface area contributed by atoms with Crippen LogP contribution >= 0.6 is 34.8 Å². The number of hydrogen-bond donors (Lipinski definition) is 1. The second-order valence-corrected chi connectivity index (χ2v) is 4.06. The number of carbonyl (C=O) groups is 2. The molecule has 80 valence electrons. The van der Waals surface area contributed by atoms with Gasteiger partial charge in [-0.25, -0.2) is 0 Å². The van der Waals surface area contributed by atoms with Crippen molar-refractivity contribution in [2.45, 2.75) is 6.42 Å². The molecule has 0 fully saturated rings. The second-order valence-electron chi connectivity index (χ2n) is 2.81. The minimum Gasteiger partial charge on any atom is -0.369 e. The van der Waals surface area contributed by atoms with Crippen molar-refractivity contribution in [1.82, 2.24) is 0 Å². The van der Waals surface area contributed by atoms with Gasteiger partial charge in [0.2, 0.25) is 5.91 Å². The number of benzene rings is 1. The van der Waals surface area contributed by atoms with E-state index < -0.39 is 18.1 Å². The van der Waals surface area contributed by atoms with Gasteiger partial charge in [-0.05, 0) is 12.1 Å². The van der Waals surface area contributed by atoms with E-state index in [4.69, 9.17) is 40.5 Å². The Bertz CT molecular complexity index is 408. The number of halogens is 3. The third kappa shape index (κ3) is 3.09. The molecule has 0 aliphatic carbocycles. The van der Waals surface area contributed by atoms with Crippen molar-refractivity contribution in [3.8, 4) is 0 Å². The van der Waals surface area contributed by atoms with Crippen LogP contribution in [-0.4, -0.2) is 11.7 Å². The van der Waals surface area contributed by atoms with Crippen LogP contribution in [0.15, 0.2) is 12.1 Å². The number of ketones is 1. The molecule has 0 spiro atoms. The van der Waals surface area contributed by atoms with E-state index in [2.05, 4.69) is 0 Å². The summed E-state index contributed by atoms with van der Waals surface area (Å²) in [4.78, 5) is 22.1. The summed E-state index contributed by atoms with van der Waals surface area (Å²) < 4.78 is 0. The lowest BCUT2D eigenvalue weighted by Gasteiger charge is -2.05. The van der Waals surface area contributed by atoms with Gasteiger partial charge in [-0.1, -0.05) is 34.8 Å². The van der Waals surface area contributed by atoms with Gasteiger partial charge >= 0.3 is 0 Å². The van der Waals surface area contributed by atoms with Crippen LogP contribution in [0, 0.1) is 0 Å². The molecule has 2 N–H and O–H groups in total. The zero-order chi connectivity index (χ0) is 11.6. The average Bonchev–Trinajstić information content (AvgIpc) is 1.99. The van der Waals surface area contributed by atoms with Crippen molar-refractivity contribution >= 4 is 46.5 Å².